The lowest BCUT2D eigenvalue weighted by molar-refractivity contribution is -0.149. The van der Waals surface area contributed by atoms with Crippen LogP contribution in [0.3, 0.4) is 0 Å². The van der Waals surface area contributed by atoms with E-state index in [1.54, 1.807) is 13.0 Å². The molecule has 2 rings (SSSR count). The summed E-state index contributed by atoms with van der Waals surface area (Å²) in [5.74, 6) is -1.21. The van der Waals surface area contributed by atoms with E-state index in [-0.39, 0.29) is 24.0 Å². The van der Waals surface area contributed by atoms with E-state index in [1.807, 2.05) is 0 Å². The second-order valence-electron chi connectivity index (χ2n) is 4.89. The predicted molar refractivity (Wildman–Crippen MR) is 79.4 cm³/mol. The standard InChI is InChI=1S/C15H17BrFNO3/c1-2-21-15(20)13-5-3-4-8-18(13)14(19)10-6-7-11(16)12(17)9-10/h6-7,9,13H,2-5,8H2,1H3. The molecule has 4 nitrogen and oxygen atoms in total. The van der Waals surface area contributed by atoms with Gasteiger partial charge in [-0.05, 0) is 60.3 Å². The summed E-state index contributed by atoms with van der Waals surface area (Å²) >= 11 is 3.06. The molecule has 0 bridgehead atoms. The zero-order valence-corrected chi connectivity index (χ0v) is 13.4. The van der Waals surface area contributed by atoms with Gasteiger partial charge in [-0.15, -0.1) is 0 Å². The van der Waals surface area contributed by atoms with Crippen LogP contribution in [0.5, 0.6) is 0 Å². The van der Waals surface area contributed by atoms with Crippen LogP contribution in [0.4, 0.5) is 4.39 Å². The number of ether oxygens (including phenoxy) is 1. The van der Waals surface area contributed by atoms with E-state index in [1.165, 1.54) is 17.0 Å². The van der Waals surface area contributed by atoms with Gasteiger partial charge in [-0.1, -0.05) is 0 Å². The Morgan fingerprint density at radius 3 is 2.86 bits per heavy atom. The maximum absolute atomic E-state index is 13.6. The third-order valence-electron chi connectivity index (χ3n) is 3.49. The van der Waals surface area contributed by atoms with Gasteiger partial charge < -0.3 is 9.64 Å². The summed E-state index contributed by atoms with van der Waals surface area (Å²) in [6.07, 6.45) is 2.30. The molecule has 0 N–H and O–H groups in total. The molecular weight excluding hydrogens is 341 g/mol. The Hall–Kier alpha value is -1.43. The van der Waals surface area contributed by atoms with Crippen molar-refractivity contribution in [2.24, 2.45) is 0 Å². The molecule has 0 saturated carbocycles. The van der Waals surface area contributed by atoms with Gasteiger partial charge in [-0.2, -0.15) is 0 Å². The SMILES string of the molecule is CCOC(=O)C1CCCCN1C(=O)c1ccc(Br)c(F)c1. The summed E-state index contributed by atoms with van der Waals surface area (Å²) in [6.45, 7) is 2.50. The number of halogens is 2. The molecule has 6 heteroatoms. The van der Waals surface area contributed by atoms with Crippen LogP contribution in [0.2, 0.25) is 0 Å². The first-order valence-corrected chi connectivity index (χ1v) is 7.76. The second kappa shape index (κ2) is 7.02. The molecule has 1 amide bonds. The molecule has 0 aromatic heterocycles. The Morgan fingerprint density at radius 2 is 2.19 bits per heavy atom. The third-order valence-corrected chi connectivity index (χ3v) is 4.13. The van der Waals surface area contributed by atoms with Crippen LogP contribution in [-0.4, -0.2) is 36.0 Å². The van der Waals surface area contributed by atoms with Crippen LogP contribution in [0, 0.1) is 5.82 Å². The second-order valence-corrected chi connectivity index (χ2v) is 5.75. The Kier molecular flexibility index (Phi) is 5.33. The van der Waals surface area contributed by atoms with E-state index >= 15 is 0 Å². The maximum Gasteiger partial charge on any atom is 0.328 e. The van der Waals surface area contributed by atoms with Gasteiger partial charge >= 0.3 is 5.97 Å². The lowest BCUT2D eigenvalue weighted by atomic mass is 10.0. The normalized spacial score (nSPS) is 18.4. The molecule has 1 aromatic carbocycles. The maximum atomic E-state index is 13.6. The molecule has 1 atom stereocenters. The van der Waals surface area contributed by atoms with Gasteiger partial charge in [-0.25, -0.2) is 9.18 Å². The molecule has 1 unspecified atom stereocenters. The van der Waals surface area contributed by atoms with E-state index in [0.29, 0.717) is 17.4 Å². The number of rotatable bonds is 3. The summed E-state index contributed by atoms with van der Waals surface area (Å²) in [6, 6.07) is 3.65. The number of piperidine rings is 1. The molecule has 21 heavy (non-hydrogen) atoms. The minimum atomic E-state index is -0.571. The van der Waals surface area contributed by atoms with Crippen molar-refractivity contribution in [3.63, 3.8) is 0 Å². The quantitative estimate of drug-likeness (QED) is 0.780. The summed E-state index contributed by atoms with van der Waals surface area (Å²) < 4.78 is 18.9. The zero-order chi connectivity index (χ0) is 15.4. The van der Waals surface area contributed by atoms with Crippen molar-refractivity contribution in [2.75, 3.05) is 13.2 Å². The molecule has 1 heterocycles. The Bertz CT molecular complexity index is 550. The monoisotopic (exact) mass is 357 g/mol. The van der Waals surface area contributed by atoms with Gasteiger partial charge in [0, 0.05) is 12.1 Å². The Morgan fingerprint density at radius 1 is 1.43 bits per heavy atom. The van der Waals surface area contributed by atoms with Gasteiger partial charge in [0.1, 0.15) is 11.9 Å². The molecule has 0 aliphatic carbocycles. The smallest absolute Gasteiger partial charge is 0.328 e. The van der Waals surface area contributed by atoms with Crippen molar-refractivity contribution in [2.45, 2.75) is 32.2 Å². The van der Waals surface area contributed by atoms with Crippen LogP contribution < -0.4 is 0 Å². The van der Waals surface area contributed by atoms with E-state index < -0.39 is 11.9 Å². The first kappa shape index (κ1) is 15.9. The summed E-state index contributed by atoms with van der Waals surface area (Å²) in [7, 11) is 0. The fraction of sp³-hybridized carbons (Fsp3) is 0.467. The van der Waals surface area contributed by atoms with E-state index in [2.05, 4.69) is 15.9 Å². The zero-order valence-electron chi connectivity index (χ0n) is 11.8. The molecule has 1 fully saturated rings. The fourth-order valence-corrected chi connectivity index (χ4v) is 2.70. The highest BCUT2D eigenvalue weighted by Gasteiger charge is 2.33. The van der Waals surface area contributed by atoms with Crippen molar-refractivity contribution >= 4 is 27.8 Å². The fourth-order valence-electron chi connectivity index (χ4n) is 2.45. The van der Waals surface area contributed by atoms with E-state index in [4.69, 9.17) is 4.74 Å². The van der Waals surface area contributed by atoms with Crippen LogP contribution >= 0.6 is 15.9 Å². The van der Waals surface area contributed by atoms with Crippen LogP contribution in [-0.2, 0) is 9.53 Å². The number of hydrogen-bond acceptors (Lipinski definition) is 3. The Labute approximate surface area is 131 Å². The number of carbonyl (C=O) groups excluding carboxylic acids is 2. The number of amides is 1. The highest BCUT2D eigenvalue weighted by atomic mass is 79.9. The van der Waals surface area contributed by atoms with Gasteiger partial charge in [0.25, 0.3) is 5.91 Å². The summed E-state index contributed by atoms with van der Waals surface area (Å²) in [5.41, 5.74) is 0.242. The van der Waals surface area contributed by atoms with Gasteiger partial charge in [0.15, 0.2) is 0 Å². The molecule has 1 aromatic rings. The molecular formula is C15H17BrFNO3. The average molecular weight is 358 g/mol. The minimum Gasteiger partial charge on any atom is -0.464 e. The van der Waals surface area contributed by atoms with Crippen molar-refractivity contribution in [3.05, 3.63) is 34.1 Å². The van der Waals surface area contributed by atoms with Crippen molar-refractivity contribution in [1.29, 1.82) is 0 Å². The molecule has 114 valence electrons. The minimum absolute atomic E-state index is 0.242. The molecule has 1 aliphatic rings. The highest BCUT2D eigenvalue weighted by Crippen LogP contribution is 2.23. The number of nitrogens with zero attached hydrogens (tertiary/aromatic N) is 1. The highest BCUT2D eigenvalue weighted by molar-refractivity contribution is 9.10. The van der Waals surface area contributed by atoms with Crippen LogP contribution in [0.25, 0.3) is 0 Å². The first-order valence-electron chi connectivity index (χ1n) is 6.97. The average Bonchev–Trinajstić information content (AvgIpc) is 2.49. The Balaban J connectivity index is 2.21. The van der Waals surface area contributed by atoms with Crippen LogP contribution in [0.15, 0.2) is 22.7 Å². The van der Waals surface area contributed by atoms with Gasteiger partial charge in [0.05, 0.1) is 11.1 Å². The first-order chi connectivity index (χ1) is 10.0. The lowest BCUT2D eigenvalue weighted by Gasteiger charge is -2.34. The molecule has 0 radical (unpaired) electrons. The topological polar surface area (TPSA) is 46.6 Å². The van der Waals surface area contributed by atoms with Gasteiger partial charge in [-0.3, -0.25) is 4.79 Å². The van der Waals surface area contributed by atoms with Gasteiger partial charge in [0.2, 0.25) is 0 Å². The molecule has 1 saturated heterocycles. The molecule has 1 aliphatic heterocycles. The lowest BCUT2D eigenvalue weighted by Crippen LogP contribution is -2.48. The van der Waals surface area contributed by atoms with E-state index in [0.717, 1.165) is 12.8 Å². The van der Waals surface area contributed by atoms with Crippen LogP contribution in [0.1, 0.15) is 36.5 Å². The van der Waals surface area contributed by atoms with Crippen molar-refractivity contribution in [3.8, 4) is 0 Å². The van der Waals surface area contributed by atoms with Crippen molar-refractivity contribution in [1.82, 2.24) is 4.90 Å². The summed E-state index contributed by atoms with van der Waals surface area (Å²) in [5, 5.41) is 0. The molecule has 0 spiro atoms. The number of hydrogen-bond donors (Lipinski definition) is 0. The number of esters is 1. The predicted octanol–water partition coefficient (Wildman–Crippen LogP) is 3.15. The number of carbonyl (C=O) groups is 2. The number of likely N-dealkylation sites (tertiary alicyclic amines) is 1. The summed E-state index contributed by atoms with van der Waals surface area (Å²) in [4.78, 5) is 26.0. The van der Waals surface area contributed by atoms with Crippen molar-refractivity contribution < 1.29 is 18.7 Å². The van der Waals surface area contributed by atoms with E-state index in [9.17, 15) is 14.0 Å². The largest absolute Gasteiger partial charge is 0.464 e. The number of benzene rings is 1. The third kappa shape index (κ3) is 3.61.